The molecular weight excluding hydrogens is 256 g/mol. The van der Waals surface area contributed by atoms with E-state index in [1.165, 1.54) is 6.07 Å². The zero-order valence-corrected chi connectivity index (χ0v) is 12.7. The number of nitrogens with one attached hydrogen (secondary N) is 1. The summed E-state index contributed by atoms with van der Waals surface area (Å²) in [6.07, 6.45) is 0.849. The first-order chi connectivity index (χ1) is 9.33. The molecule has 112 valence electrons. The van der Waals surface area contributed by atoms with Crippen LogP contribution in [0.3, 0.4) is 0 Å². The van der Waals surface area contributed by atoms with Gasteiger partial charge in [0.2, 0.25) is 0 Å². The quantitative estimate of drug-likeness (QED) is 0.613. The predicted octanol–water partition coefficient (Wildman–Crippen LogP) is 3.52. The lowest BCUT2D eigenvalue weighted by Gasteiger charge is -2.18. The van der Waals surface area contributed by atoms with E-state index >= 15 is 0 Å². The molecule has 0 heterocycles. The number of nitrogens with zero attached hydrogens (tertiary/aromatic N) is 1. The fraction of sp³-hybridized carbons (Fsp3) is 0.600. The maximum absolute atomic E-state index is 11.0. The van der Waals surface area contributed by atoms with Gasteiger partial charge in [-0.3, -0.25) is 10.1 Å². The molecule has 0 spiro atoms. The average molecular weight is 280 g/mol. The second-order valence-corrected chi connectivity index (χ2v) is 6.00. The van der Waals surface area contributed by atoms with Gasteiger partial charge in [-0.15, -0.1) is 0 Å². The van der Waals surface area contributed by atoms with Crippen molar-refractivity contribution in [3.8, 4) is 5.75 Å². The van der Waals surface area contributed by atoms with E-state index in [1.807, 2.05) is 6.92 Å². The van der Waals surface area contributed by atoms with E-state index in [4.69, 9.17) is 4.74 Å². The van der Waals surface area contributed by atoms with Gasteiger partial charge < -0.3 is 10.1 Å². The van der Waals surface area contributed by atoms with E-state index in [1.54, 1.807) is 12.1 Å². The lowest BCUT2D eigenvalue weighted by Crippen LogP contribution is -2.13. The van der Waals surface area contributed by atoms with Crippen LogP contribution in [-0.2, 0) is 6.54 Å². The molecule has 0 unspecified atom stereocenters. The fourth-order valence-electron chi connectivity index (χ4n) is 1.67. The average Bonchev–Trinajstić information content (AvgIpc) is 2.34. The van der Waals surface area contributed by atoms with Crippen LogP contribution >= 0.6 is 0 Å². The summed E-state index contributed by atoms with van der Waals surface area (Å²) in [6.45, 7) is 10.4. The number of nitro benzene ring substituents is 1. The van der Waals surface area contributed by atoms with Crippen molar-refractivity contribution >= 4 is 5.69 Å². The first kappa shape index (κ1) is 16.4. The highest BCUT2D eigenvalue weighted by Crippen LogP contribution is 2.29. The molecule has 0 aliphatic rings. The molecule has 0 aliphatic heterocycles. The molecule has 0 bridgehead atoms. The van der Waals surface area contributed by atoms with Crippen LogP contribution in [0.25, 0.3) is 0 Å². The van der Waals surface area contributed by atoms with Gasteiger partial charge in [0.1, 0.15) is 0 Å². The van der Waals surface area contributed by atoms with Crippen molar-refractivity contribution in [1.82, 2.24) is 5.32 Å². The van der Waals surface area contributed by atoms with Crippen LogP contribution in [0.4, 0.5) is 5.69 Å². The van der Waals surface area contributed by atoms with Crippen LogP contribution in [0.2, 0.25) is 0 Å². The van der Waals surface area contributed by atoms with E-state index in [-0.39, 0.29) is 11.1 Å². The van der Waals surface area contributed by atoms with Crippen molar-refractivity contribution in [2.45, 2.75) is 40.7 Å². The zero-order valence-electron chi connectivity index (χ0n) is 12.7. The third-order valence-electron chi connectivity index (χ3n) is 2.91. The highest BCUT2D eigenvalue weighted by Gasteiger charge is 2.17. The van der Waals surface area contributed by atoms with Gasteiger partial charge in [0.25, 0.3) is 0 Å². The summed E-state index contributed by atoms with van der Waals surface area (Å²) in [5, 5.41) is 14.2. The fourth-order valence-corrected chi connectivity index (χ4v) is 1.67. The van der Waals surface area contributed by atoms with Crippen LogP contribution in [-0.4, -0.2) is 18.1 Å². The molecule has 5 heteroatoms. The summed E-state index contributed by atoms with van der Waals surface area (Å²) in [4.78, 5) is 10.6. The summed E-state index contributed by atoms with van der Waals surface area (Å²) >= 11 is 0. The lowest BCUT2D eigenvalue weighted by atomic mass is 9.93. The number of benzene rings is 1. The number of nitro groups is 1. The number of hydrogen-bond donors (Lipinski definition) is 1. The Kier molecular flexibility index (Phi) is 5.95. The van der Waals surface area contributed by atoms with Crippen molar-refractivity contribution in [2.24, 2.45) is 5.41 Å². The highest BCUT2D eigenvalue weighted by atomic mass is 16.6. The molecule has 0 atom stereocenters. The molecule has 0 radical (unpaired) electrons. The second-order valence-electron chi connectivity index (χ2n) is 6.00. The largest absolute Gasteiger partial charge is 0.487 e. The zero-order chi connectivity index (χ0) is 15.2. The van der Waals surface area contributed by atoms with Gasteiger partial charge in [0.15, 0.2) is 5.75 Å². The number of hydrogen-bond acceptors (Lipinski definition) is 4. The SMILES string of the molecule is CCNCc1ccc([N+](=O)[O-])c(OCCC(C)(C)C)c1. The summed E-state index contributed by atoms with van der Waals surface area (Å²) < 4.78 is 5.63. The Balaban J connectivity index is 2.80. The molecule has 0 aromatic heterocycles. The van der Waals surface area contributed by atoms with E-state index < -0.39 is 4.92 Å². The van der Waals surface area contributed by atoms with Crippen LogP contribution in [0.5, 0.6) is 5.75 Å². The van der Waals surface area contributed by atoms with Gasteiger partial charge >= 0.3 is 5.69 Å². The molecule has 0 amide bonds. The molecule has 20 heavy (non-hydrogen) atoms. The summed E-state index contributed by atoms with van der Waals surface area (Å²) in [5.41, 5.74) is 1.17. The number of ether oxygens (including phenoxy) is 1. The van der Waals surface area contributed by atoms with E-state index in [2.05, 4.69) is 26.1 Å². The topological polar surface area (TPSA) is 64.4 Å². The van der Waals surface area contributed by atoms with Gasteiger partial charge in [0.05, 0.1) is 11.5 Å². The molecule has 1 rings (SSSR count). The maximum Gasteiger partial charge on any atom is 0.310 e. The second kappa shape index (κ2) is 7.24. The third-order valence-corrected chi connectivity index (χ3v) is 2.91. The van der Waals surface area contributed by atoms with Crippen LogP contribution < -0.4 is 10.1 Å². The molecule has 0 saturated heterocycles. The Morgan fingerprint density at radius 2 is 2.05 bits per heavy atom. The molecule has 1 N–H and O–H groups in total. The minimum absolute atomic E-state index is 0.0270. The van der Waals surface area contributed by atoms with Crippen molar-refractivity contribution in [2.75, 3.05) is 13.2 Å². The number of rotatable bonds is 7. The molecule has 0 aliphatic carbocycles. The Bertz CT molecular complexity index is 453. The van der Waals surface area contributed by atoms with Crippen molar-refractivity contribution < 1.29 is 9.66 Å². The minimum Gasteiger partial charge on any atom is -0.487 e. The summed E-state index contributed by atoms with van der Waals surface area (Å²) in [5.74, 6) is 0.356. The Morgan fingerprint density at radius 3 is 2.60 bits per heavy atom. The van der Waals surface area contributed by atoms with Crippen molar-refractivity contribution in [1.29, 1.82) is 0 Å². The van der Waals surface area contributed by atoms with Crippen molar-refractivity contribution in [3.05, 3.63) is 33.9 Å². The van der Waals surface area contributed by atoms with E-state index in [0.29, 0.717) is 18.9 Å². The molecule has 1 aromatic rings. The van der Waals surface area contributed by atoms with Gasteiger partial charge in [-0.25, -0.2) is 0 Å². The molecule has 0 saturated carbocycles. The Labute approximate surface area is 120 Å². The van der Waals surface area contributed by atoms with E-state index in [0.717, 1.165) is 18.5 Å². The molecule has 5 nitrogen and oxygen atoms in total. The molecule has 1 aromatic carbocycles. The van der Waals surface area contributed by atoms with Crippen molar-refractivity contribution in [3.63, 3.8) is 0 Å². The van der Waals surface area contributed by atoms with Crippen LogP contribution in [0.1, 0.15) is 39.7 Å². The molecular formula is C15H24N2O3. The summed E-state index contributed by atoms with van der Waals surface area (Å²) in [7, 11) is 0. The maximum atomic E-state index is 11.0. The van der Waals surface area contributed by atoms with Gasteiger partial charge in [-0.1, -0.05) is 33.8 Å². The Hall–Kier alpha value is -1.62. The van der Waals surface area contributed by atoms with Crippen LogP contribution in [0, 0.1) is 15.5 Å². The first-order valence-corrected chi connectivity index (χ1v) is 6.94. The molecule has 0 fully saturated rings. The Morgan fingerprint density at radius 1 is 1.35 bits per heavy atom. The summed E-state index contributed by atoms with van der Waals surface area (Å²) in [6, 6.07) is 5.03. The predicted molar refractivity (Wildman–Crippen MR) is 80.0 cm³/mol. The van der Waals surface area contributed by atoms with Crippen LogP contribution in [0.15, 0.2) is 18.2 Å². The van der Waals surface area contributed by atoms with Gasteiger partial charge in [-0.05, 0) is 30.0 Å². The first-order valence-electron chi connectivity index (χ1n) is 6.94. The lowest BCUT2D eigenvalue weighted by molar-refractivity contribution is -0.385. The normalized spacial score (nSPS) is 11.4. The smallest absolute Gasteiger partial charge is 0.310 e. The monoisotopic (exact) mass is 280 g/mol. The minimum atomic E-state index is -0.399. The third kappa shape index (κ3) is 5.57. The van der Waals surface area contributed by atoms with Gasteiger partial charge in [0, 0.05) is 12.6 Å². The standard InChI is InChI=1S/C15H24N2O3/c1-5-16-11-12-6-7-13(17(18)19)14(10-12)20-9-8-15(2,3)4/h6-7,10,16H,5,8-9,11H2,1-4H3. The van der Waals surface area contributed by atoms with E-state index in [9.17, 15) is 10.1 Å². The van der Waals surface area contributed by atoms with Gasteiger partial charge in [-0.2, -0.15) is 0 Å². The highest BCUT2D eigenvalue weighted by molar-refractivity contribution is 5.48.